The molecule has 0 bridgehead atoms. The quantitative estimate of drug-likeness (QED) is 0.521. The zero-order valence-corrected chi connectivity index (χ0v) is 12.4. The SMILES string of the molecule is COc1ccc2c(c1)c(C#N)cc1c3ccccc3n(C)c21. The third-order valence-corrected chi connectivity index (χ3v) is 4.33. The van der Waals surface area contributed by atoms with Crippen molar-refractivity contribution in [2.24, 2.45) is 7.05 Å². The Hall–Kier alpha value is -2.99. The van der Waals surface area contributed by atoms with Crippen LogP contribution in [0.4, 0.5) is 0 Å². The van der Waals surface area contributed by atoms with Crippen LogP contribution in [0.2, 0.25) is 0 Å². The van der Waals surface area contributed by atoms with Gasteiger partial charge in [0.2, 0.25) is 0 Å². The van der Waals surface area contributed by atoms with Gasteiger partial charge in [-0.1, -0.05) is 18.2 Å². The number of para-hydroxylation sites is 1. The van der Waals surface area contributed by atoms with E-state index in [9.17, 15) is 5.26 Å². The number of ether oxygens (including phenoxy) is 1. The first-order chi connectivity index (χ1) is 10.7. The fraction of sp³-hybridized carbons (Fsp3) is 0.105. The molecule has 0 aliphatic rings. The van der Waals surface area contributed by atoms with Crippen molar-refractivity contribution in [3.63, 3.8) is 0 Å². The van der Waals surface area contributed by atoms with Gasteiger partial charge in [-0.2, -0.15) is 5.26 Å². The number of nitriles is 1. The minimum Gasteiger partial charge on any atom is -0.497 e. The van der Waals surface area contributed by atoms with Gasteiger partial charge in [-0.3, -0.25) is 0 Å². The summed E-state index contributed by atoms with van der Waals surface area (Å²) in [4.78, 5) is 0. The molecule has 0 N–H and O–H groups in total. The fourth-order valence-corrected chi connectivity index (χ4v) is 3.29. The first-order valence-electron chi connectivity index (χ1n) is 7.12. The third kappa shape index (κ3) is 1.55. The van der Waals surface area contributed by atoms with Gasteiger partial charge in [-0.25, -0.2) is 0 Å². The van der Waals surface area contributed by atoms with Crippen molar-refractivity contribution in [3.05, 3.63) is 54.1 Å². The molecular formula is C19H14N2O. The minimum absolute atomic E-state index is 0.678. The van der Waals surface area contributed by atoms with E-state index in [1.807, 2.05) is 36.4 Å². The summed E-state index contributed by atoms with van der Waals surface area (Å²) >= 11 is 0. The standard InChI is InChI=1S/C19H14N2O/c1-21-18-6-4-3-5-14(18)17-9-12(11-20)16-10-13(22-2)7-8-15(16)19(17)21/h3-10H,1-2H3. The molecule has 106 valence electrons. The van der Waals surface area contributed by atoms with Crippen LogP contribution in [0, 0.1) is 11.3 Å². The van der Waals surface area contributed by atoms with Gasteiger partial charge < -0.3 is 9.30 Å². The van der Waals surface area contributed by atoms with Crippen molar-refractivity contribution in [3.8, 4) is 11.8 Å². The zero-order chi connectivity index (χ0) is 15.3. The van der Waals surface area contributed by atoms with Crippen LogP contribution in [-0.2, 0) is 7.05 Å². The molecule has 4 aromatic rings. The summed E-state index contributed by atoms with van der Waals surface area (Å²) in [6, 6.07) is 18.5. The van der Waals surface area contributed by atoms with Crippen LogP contribution in [0.5, 0.6) is 5.75 Å². The number of fused-ring (bicyclic) bond motifs is 5. The van der Waals surface area contributed by atoms with Crippen molar-refractivity contribution in [1.82, 2.24) is 4.57 Å². The van der Waals surface area contributed by atoms with Gasteiger partial charge in [0.05, 0.1) is 24.3 Å². The summed E-state index contributed by atoms with van der Waals surface area (Å²) in [7, 11) is 3.71. The van der Waals surface area contributed by atoms with E-state index in [1.165, 1.54) is 10.9 Å². The smallest absolute Gasteiger partial charge is 0.119 e. The highest BCUT2D eigenvalue weighted by molar-refractivity contribution is 6.19. The van der Waals surface area contributed by atoms with Crippen molar-refractivity contribution in [2.75, 3.05) is 7.11 Å². The number of rotatable bonds is 1. The van der Waals surface area contributed by atoms with E-state index in [-0.39, 0.29) is 0 Å². The second-order valence-electron chi connectivity index (χ2n) is 5.42. The molecule has 0 saturated carbocycles. The molecule has 0 unspecified atom stereocenters. The Kier molecular flexibility index (Phi) is 2.61. The van der Waals surface area contributed by atoms with Crippen LogP contribution >= 0.6 is 0 Å². The lowest BCUT2D eigenvalue weighted by atomic mass is 10.0. The Morgan fingerprint density at radius 3 is 2.55 bits per heavy atom. The molecule has 0 atom stereocenters. The highest BCUT2D eigenvalue weighted by atomic mass is 16.5. The molecule has 1 heterocycles. The maximum absolute atomic E-state index is 9.54. The number of aromatic nitrogens is 1. The highest BCUT2D eigenvalue weighted by Crippen LogP contribution is 2.36. The van der Waals surface area contributed by atoms with Crippen LogP contribution in [0.15, 0.2) is 48.5 Å². The first-order valence-corrected chi connectivity index (χ1v) is 7.12. The van der Waals surface area contributed by atoms with Crippen LogP contribution in [-0.4, -0.2) is 11.7 Å². The molecule has 3 aromatic carbocycles. The van der Waals surface area contributed by atoms with E-state index in [2.05, 4.69) is 29.8 Å². The molecule has 22 heavy (non-hydrogen) atoms. The predicted octanol–water partition coefficient (Wildman–Crippen LogP) is 4.36. The van der Waals surface area contributed by atoms with Crippen LogP contribution in [0.1, 0.15) is 5.56 Å². The van der Waals surface area contributed by atoms with E-state index < -0.39 is 0 Å². The molecule has 1 aromatic heterocycles. The summed E-state index contributed by atoms with van der Waals surface area (Å²) in [5, 5.41) is 13.8. The lowest BCUT2D eigenvalue weighted by Gasteiger charge is -2.07. The zero-order valence-electron chi connectivity index (χ0n) is 12.4. The predicted molar refractivity (Wildman–Crippen MR) is 89.2 cm³/mol. The molecular weight excluding hydrogens is 272 g/mol. The van der Waals surface area contributed by atoms with E-state index >= 15 is 0 Å². The number of aryl methyl sites for hydroxylation is 1. The Morgan fingerprint density at radius 1 is 0.955 bits per heavy atom. The Labute approximate surface area is 127 Å². The topological polar surface area (TPSA) is 37.9 Å². The molecule has 0 spiro atoms. The molecule has 0 saturated heterocycles. The molecule has 0 aliphatic carbocycles. The van der Waals surface area contributed by atoms with Gasteiger partial charge in [0.1, 0.15) is 5.75 Å². The highest BCUT2D eigenvalue weighted by Gasteiger charge is 2.14. The molecule has 0 radical (unpaired) electrons. The second kappa shape index (κ2) is 4.51. The van der Waals surface area contributed by atoms with Crippen LogP contribution in [0.3, 0.4) is 0 Å². The van der Waals surface area contributed by atoms with Crippen molar-refractivity contribution < 1.29 is 4.74 Å². The molecule has 4 rings (SSSR count). The summed E-state index contributed by atoms with van der Waals surface area (Å²) in [6.45, 7) is 0. The van der Waals surface area contributed by atoms with Crippen LogP contribution < -0.4 is 4.74 Å². The van der Waals surface area contributed by atoms with Crippen molar-refractivity contribution >= 4 is 32.6 Å². The van der Waals surface area contributed by atoms with Gasteiger partial charge >= 0.3 is 0 Å². The lowest BCUT2D eigenvalue weighted by Crippen LogP contribution is -1.90. The third-order valence-electron chi connectivity index (χ3n) is 4.33. The molecule has 0 fully saturated rings. The van der Waals surface area contributed by atoms with Gasteiger partial charge in [0, 0.05) is 34.1 Å². The number of benzene rings is 3. The Bertz CT molecular complexity index is 1080. The molecule has 3 nitrogen and oxygen atoms in total. The lowest BCUT2D eigenvalue weighted by molar-refractivity contribution is 0.415. The van der Waals surface area contributed by atoms with E-state index in [0.29, 0.717) is 5.56 Å². The van der Waals surface area contributed by atoms with Gasteiger partial charge in [0.15, 0.2) is 0 Å². The van der Waals surface area contributed by atoms with Gasteiger partial charge in [-0.05, 0) is 30.3 Å². The monoisotopic (exact) mass is 286 g/mol. The summed E-state index contributed by atoms with van der Waals surface area (Å²) in [5.74, 6) is 0.766. The maximum atomic E-state index is 9.54. The Morgan fingerprint density at radius 2 is 1.77 bits per heavy atom. The average molecular weight is 286 g/mol. The summed E-state index contributed by atoms with van der Waals surface area (Å²) in [6.07, 6.45) is 0. The van der Waals surface area contributed by atoms with Gasteiger partial charge in [-0.15, -0.1) is 0 Å². The molecule has 0 aliphatic heterocycles. The van der Waals surface area contributed by atoms with E-state index in [4.69, 9.17) is 4.74 Å². The number of methoxy groups -OCH3 is 1. The van der Waals surface area contributed by atoms with Gasteiger partial charge in [0.25, 0.3) is 0 Å². The van der Waals surface area contributed by atoms with Crippen molar-refractivity contribution in [2.45, 2.75) is 0 Å². The number of hydrogen-bond donors (Lipinski definition) is 0. The minimum atomic E-state index is 0.678. The second-order valence-corrected chi connectivity index (χ2v) is 5.42. The summed E-state index contributed by atoms with van der Waals surface area (Å²) in [5.41, 5.74) is 3.00. The fourth-order valence-electron chi connectivity index (χ4n) is 3.29. The number of nitrogens with zero attached hydrogens (tertiary/aromatic N) is 2. The molecule has 0 amide bonds. The summed E-state index contributed by atoms with van der Waals surface area (Å²) < 4.78 is 7.50. The number of hydrogen-bond acceptors (Lipinski definition) is 2. The average Bonchev–Trinajstić information content (AvgIpc) is 2.86. The van der Waals surface area contributed by atoms with E-state index in [1.54, 1.807) is 7.11 Å². The van der Waals surface area contributed by atoms with Crippen LogP contribution in [0.25, 0.3) is 32.6 Å². The van der Waals surface area contributed by atoms with E-state index in [0.717, 1.165) is 27.4 Å². The molecule has 3 heteroatoms. The maximum Gasteiger partial charge on any atom is 0.119 e. The largest absolute Gasteiger partial charge is 0.497 e. The Balaban J connectivity index is 2.31. The van der Waals surface area contributed by atoms with Crippen molar-refractivity contribution in [1.29, 1.82) is 5.26 Å². The normalized spacial score (nSPS) is 11.1. The first kappa shape index (κ1) is 12.7.